The fraction of sp³-hybridized carbons (Fsp3) is 0.200. The van der Waals surface area contributed by atoms with E-state index >= 15 is 0 Å². The number of hydrogen-bond donors (Lipinski definition) is 2. The summed E-state index contributed by atoms with van der Waals surface area (Å²) < 4.78 is 29.8. The van der Waals surface area contributed by atoms with Gasteiger partial charge in [0, 0.05) is 4.88 Å². The van der Waals surface area contributed by atoms with Gasteiger partial charge in [-0.15, -0.1) is 11.3 Å². The standard InChI is InChI=1S/C15H16N2O5S2/c1-24(20,21)17-13-7-3-2-6-12(13)15(19)22-10-14(18)16-9-11-5-4-8-23-11/h2-8,17H,9-10H2,1H3,(H,16,18). The summed E-state index contributed by atoms with van der Waals surface area (Å²) in [5.41, 5.74) is 0.137. The Bertz CT molecular complexity index is 816. The highest BCUT2D eigenvalue weighted by atomic mass is 32.2. The molecule has 2 N–H and O–H groups in total. The Balaban J connectivity index is 1.91. The minimum Gasteiger partial charge on any atom is -0.452 e. The molecule has 2 aromatic rings. The van der Waals surface area contributed by atoms with Crippen molar-refractivity contribution in [1.29, 1.82) is 0 Å². The molecule has 7 nitrogen and oxygen atoms in total. The van der Waals surface area contributed by atoms with Crippen molar-refractivity contribution in [2.45, 2.75) is 6.54 Å². The monoisotopic (exact) mass is 368 g/mol. The zero-order chi connectivity index (χ0) is 17.6. The maximum atomic E-state index is 12.1. The Morgan fingerprint density at radius 3 is 2.58 bits per heavy atom. The average Bonchev–Trinajstić information content (AvgIpc) is 3.03. The van der Waals surface area contributed by atoms with E-state index in [2.05, 4.69) is 10.0 Å². The van der Waals surface area contributed by atoms with Crippen molar-refractivity contribution in [3.8, 4) is 0 Å². The van der Waals surface area contributed by atoms with Gasteiger partial charge in [-0.3, -0.25) is 9.52 Å². The Morgan fingerprint density at radius 2 is 1.92 bits per heavy atom. The van der Waals surface area contributed by atoms with Crippen molar-refractivity contribution in [3.63, 3.8) is 0 Å². The van der Waals surface area contributed by atoms with Gasteiger partial charge in [-0.25, -0.2) is 13.2 Å². The zero-order valence-electron chi connectivity index (χ0n) is 12.8. The Kier molecular flexibility index (Phi) is 5.93. The zero-order valence-corrected chi connectivity index (χ0v) is 14.4. The SMILES string of the molecule is CS(=O)(=O)Nc1ccccc1C(=O)OCC(=O)NCc1cccs1. The number of esters is 1. The van der Waals surface area contributed by atoms with E-state index in [0.29, 0.717) is 6.54 Å². The quantitative estimate of drug-likeness (QED) is 0.723. The molecule has 0 saturated carbocycles. The summed E-state index contributed by atoms with van der Waals surface area (Å²) in [5.74, 6) is -1.22. The smallest absolute Gasteiger partial charge is 0.340 e. The van der Waals surface area contributed by atoms with Gasteiger partial charge in [-0.1, -0.05) is 18.2 Å². The molecule has 0 aliphatic carbocycles. The highest BCUT2D eigenvalue weighted by molar-refractivity contribution is 7.92. The third-order valence-corrected chi connectivity index (χ3v) is 4.28. The van der Waals surface area contributed by atoms with Crippen molar-refractivity contribution < 1.29 is 22.7 Å². The van der Waals surface area contributed by atoms with E-state index in [1.807, 2.05) is 17.5 Å². The molecule has 1 aromatic carbocycles. The maximum Gasteiger partial charge on any atom is 0.340 e. The van der Waals surface area contributed by atoms with Crippen LogP contribution in [0.25, 0.3) is 0 Å². The number of carbonyl (C=O) groups excluding carboxylic acids is 2. The summed E-state index contributed by atoms with van der Waals surface area (Å²) >= 11 is 1.51. The minimum atomic E-state index is -3.53. The molecule has 0 spiro atoms. The lowest BCUT2D eigenvalue weighted by molar-refractivity contribution is -0.124. The molecule has 0 aliphatic heterocycles. The van der Waals surface area contributed by atoms with Crippen LogP contribution in [0.3, 0.4) is 0 Å². The van der Waals surface area contributed by atoms with Gasteiger partial charge < -0.3 is 10.1 Å². The fourth-order valence-corrected chi connectivity index (χ4v) is 3.03. The number of hydrogen-bond acceptors (Lipinski definition) is 6. The van der Waals surface area contributed by atoms with Crippen LogP contribution in [0.2, 0.25) is 0 Å². The van der Waals surface area contributed by atoms with Gasteiger partial charge in [0.05, 0.1) is 24.1 Å². The first-order chi connectivity index (χ1) is 11.3. The molecule has 1 amide bonds. The first-order valence-electron chi connectivity index (χ1n) is 6.88. The van der Waals surface area contributed by atoms with Crippen LogP contribution in [0.5, 0.6) is 0 Å². The summed E-state index contributed by atoms with van der Waals surface area (Å²) in [4.78, 5) is 24.7. The third kappa shape index (κ3) is 5.67. The van der Waals surface area contributed by atoms with Gasteiger partial charge in [0.25, 0.3) is 5.91 Å². The summed E-state index contributed by atoms with van der Waals surface area (Å²) in [6.45, 7) is -0.0856. The number of nitrogens with one attached hydrogen (secondary N) is 2. The number of thiophene rings is 1. The predicted molar refractivity (Wildman–Crippen MR) is 91.4 cm³/mol. The lowest BCUT2D eigenvalue weighted by atomic mass is 10.2. The molecule has 0 atom stereocenters. The summed E-state index contributed by atoms with van der Waals surface area (Å²) in [6, 6.07) is 9.76. The van der Waals surface area contributed by atoms with Crippen LogP contribution in [0, 0.1) is 0 Å². The summed E-state index contributed by atoms with van der Waals surface area (Å²) in [5, 5.41) is 4.52. The first kappa shape index (κ1) is 18.0. The molecule has 0 aliphatic rings. The second-order valence-electron chi connectivity index (χ2n) is 4.85. The van der Waals surface area contributed by atoms with Gasteiger partial charge in [0.2, 0.25) is 10.0 Å². The van der Waals surface area contributed by atoms with Gasteiger partial charge in [-0.2, -0.15) is 0 Å². The number of carbonyl (C=O) groups is 2. The molecule has 0 radical (unpaired) electrons. The van der Waals surface area contributed by atoms with Crippen LogP contribution in [0.4, 0.5) is 5.69 Å². The van der Waals surface area contributed by atoms with Crippen molar-refractivity contribution in [3.05, 3.63) is 52.2 Å². The van der Waals surface area contributed by atoms with Gasteiger partial charge in [0.15, 0.2) is 6.61 Å². The van der Waals surface area contributed by atoms with E-state index in [4.69, 9.17) is 4.74 Å². The normalized spacial score (nSPS) is 10.9. The average molecular weight is 368 g/mol. The van der Waals surface area contributed by atoms with Crippen LogP contribution < -0.4 is 10.0 Å². The van der Waals surface area contributed by atoms with Gasteiger partial charge >= 0.3 is 5.97 Å². The number of anilines is 1. The number of amides is 1. The second-order valence-corrected chi connectivity index (χ2v) is 7.63. The Labute approximate surface area is 143 Å². The highest BCUT2D eigenvalue weighted by Gasteiger charge is 2.16. The maximum absolute atomic E-state index is 12.1. The summed E-state index contributed by atoms with van der Waals surface area (Å²) in [6.07, 6.45) is 0.979. The fourth-order valence-electron chi connectivity index (χ4n) is 1.81. The van der Waals surface area contributed by atoms with E-state index in [1.165, 1.54) is 23.5 Å². The van der Waals surface area contributed by atoms with Crippen LogP contribution in [0.1, 0.15) is 15.2 Å². The van der Waals surface area contributed by atoms with E-state index in [1.54, 1.807) is 12.1 Å². The number of benzene rings is 1. The molecular formula is C15H16N2O5S2. The van der Waals surface area contributed by atoms with Crippen LogP contribution in [0.15, 0.2) is 41.8 Å². The molecule has 1 aromatic heterocycles. The minimum absolute atomic E-state index is 0.0361. The molecule has 2 rings (SSSR count). The molecule has 0 fully saturated rings. The Hall–Kier alpha value is -2.39. The van der Waals surface area contributed by atoms with Crippen molar-refractivity contribution in [2.75, 3.05) is 17.6 Å². The van der Waals surface area contributed by atoms with E-state index in [9.17, 15) is 18.0 Å². The number of rotatable bonds is 7. The van der Waals surface area contributed by atoms with Crippen molar-refractivity contribution >= 4 is 38.9 Å². The second kappa shape index (κ2) is 7.93. The molecule has 9 heteroatoms. The molecule has 24 heavy (non-hydrogen) atoms. The number of sulfonamides is 1. The van der Waals surface area contributed by atoms with Gasteiger partial charge in [-0.05, 0) is 23.6 Å². The molecule has 0 bridgehead atoms. The highest BCUT2D eigenvalue weighted by Crippen LogP contribution is 2.17. The topological polar surface area (TPSA) is 102 Å². The first-order valence-corrected chi connectivity index (χ1v) is 9.65. The predicted octanol–water partition coefficient (Wildman–Crippen LogP) is 1.59. The molecule has 0 saturated heterocycles. The lowest BCUT2D eigenvalue weighted by Crippen LogP contribution is -2.28. The molecule has 1 heterocycles. The largest absolute Gasteiger partial charge is 0.452 e. The van der Waals surface area contributed by atoms with Gasteiger partial charge in [0.1, 0.15) is 0 Å². The number of para-hydroxylation sites is 1. The van der Waals surface area contributed by atoms with E-state index < -0.39 is 28.5 Å². The lowest BCUT2D eigenvalue weighted by Gasteiger charge is -2.10. The Morgan fingerprint density at radius 1 is 1.17 bits per heavy atom. The van der Waals surface area contributed by atoms with Crippen LogP contribution in [-0.2, 0) is 26.1 Å². The van der Waals surface area contributed by atoms with E-state index in [-0.39, 0.29) is 11.3 Å². The molecule has 128 valence electrons. The third-order valence-electron chi connectivity index (χ3n) is 2.82. The molecule has 0 unspecified atom stereocenters. The van der Waals surface area contributed by atoms with Crippen molar-refractivity contribution in [1.82, 2.24) is 5.32 Å². The number of ether oxygens (including phenoxy) is 1. The van der Waals surface area contributed by atoms with Crippen LogP contribution in [-0.4, -0.2) is 33.2 Å². The summed E-state index contributed by atoms with van der Waals surface area (Å²) in [7, 11) is -3.53. The van der Waals surface area contributed by atoms with Crippen molar-refractivity contribution in [2.24, 2.45) is 0 Å². The van der Waals surface area contributed by atoms with Crippen LogP contribution >= 0.6 is 11.3 Å². The van der Waals surface area contributed by atoms with E-state index in [0.717, 1.165) is 11.1 Å². The molecular weight excluding hydrogens is 352 g/mol.